The van der Waals surface area contributed by atoms with Gasteiger partial charge in [0.1, 0.15) is 0 Å². The van der Waals surface area contributed by atoms with Crippen LogP contribution in [0.3, 0.4) is 0 Å². The van der Waals surface area contributed by atoms with E-state index in [-0.39, 0.29) is 6.61 Å². The average Bonchev–Trinajstić information content (AvgIpc) is 2.40. The predicted octanol–water partition coefficient (Wildman–Crippen LogP) is 2.40. The molecule has 1 rings (SSSR count). The fourth-order valence-electron chi connectivity index (χ4n) is 1.58. The Morgan fingerprint density at radius 3 is 2.40 bits per heavy atom. The highest BCUT2D eigenvalue weighted by Crippen LogP contribution is 2.24. The lowest BCUT2D eigenvalue weighted by Gasteiger charge is -2.15. The van der Waals surface area contributed by atoms with E-state index in [9.17, 15) is 13.6 Å². The Morgan fingerprint density at radius 1 is 1.30 bits per heavy atom. The molecule has 0 aromatic heterocycles. The zero-order valence-electron chi connectivity index (χ0n) is 11.8. The first-order valence-electron chi connectivity index (χ1n) is 6.51. The van der Waals surface area contributed by atoms with E-state index in [1.165, 1.54) is 19.1 Å². The normalized spacial score (nSPS) is 12.1. The molecule has 4 nitrogen and oxygen atoms in total. The number of hydrogen-bond donors (Lipinski definition) is 1. The lowest BCUT2D eigenvalue weighted by Crippen LogP contribution is -2.27. The Kier molecular flexibility index (Phi) is 6.38. The van der Waals surface area contributed by atoms with Gasteiger partial charge < -0.3 is 14.8 Å². The first-order valence-corrected chi connectivity index (χ1v) is 6.51. The van der Waals surface area contributed by atoms with Crippen molar-refractivity contribution < 1.29 is 23.0 Å². The van der Waals surface area contributed by atoms with Crippen LogP contribution in [-0.2, 0) is 16.1 Å². The monoisotopic (exact) mass is 287 g/mol. The molecule has 1 unspecified atom stereocenters. The van der Waals surface area contributed by atoms with Gasteiger partial charge in [-0.15, -0.1) is 0 Å². The number of carbonyl (C=O) groups excluding carboxylic acids is 1. The van der Waals surface area contributed by atoms with E-state index in [1.807, 2.05) is 6.92 Å². The highest BCUT2D eigenvalue weighted by Gasteiger charge is 2.21. The summed E-state index contributed by atoms with van der Waals surface area (Å²) < 4.78 is 37.3. The Bertz CT molecular complexity index is 443. The van der Waals surface area contributed by atoms with Crippen LogP contribution in [0.4, 0.5) is 8.78 Å². The van der Waals surface area contributed by atoms with E-state index in [1.54, 1.807) is 6.92 Å². The van der Waals surface area contributed by atoms with Crippen molar-refractivity contribution in [2.75, 3.05) is 13.2 Å². The first-order chi connectivity index (χ1) is 9.49. The Balaban J connectivity index is 2.83. The second kappa shape index (κ2) is 7.79. The molecule has 0 spiro atoms. The molecule has 1 N–H and O–H groups in total. The summed E-state index contributed by atoms with van der Waals surface area (Å²) in [5.74, 6) is -2.91. The molecule has 0 bridgehead atoms. The van der Waals surface area contributed by atoms with Crippen LogP contribution in [0.1, 0.15) is 26.3 Å². The van der Waals surface area contributed by atoms with E-state index in [2.05, 4.69) is 5.32 Å². The minimum Gasteiger partial charge on any atom is -0.473 e. The van der Waals surface area contributed by atoms with Crippen molar-refractivity contribution in [1.29, 1.82) is 0 Å². The summed E-state index contributed by atoms with van der Waals surface area (Å²) in [4.78, 5) is 11.4. The molecule has 0 fully saturated rings. The topological polar surface area (TPSA) is 47.6 Å². The number of carbonyl (C=O) groups is 1. The summed E-state index contributed by atoms with van der Waals surface area (Å²) in [6.07, 6.45) is -1.07. The molecule has 0 radical (unpaired) electrons. The molecular formula is C14H19F2NO3. The molecule has 0 heterocycles. The van der Waals surface area contributed by atoms with Gasteiger partial charge in [-0.05, 0) is 38.1 Å². The van der Waals surface area contributed by atoms with Gasteiger partial charge in [0.25, 0.3) is 0 Å². The number of esters is 1. The molecule has 0 saturated heterocycles. The van der Waals surface area contributed by atoms with E-state index in [0.717, 1.165) is 0 Å². The molecular weight excluding hydrogens is 268 g/mol. The predicted molar refractivity (Wildman–Crippen MR) is 70.5 cm³/mol. The highest BCUT2D eigenvalue weighted by atomic mass is 19.1. The van der Waals surface area contributed by atoms with Gasteiger partial charge >= 0.3 is 5.97 Å². The van der Waals surface area contributed by atoms with E-state index in [4.69, 9.17) is 9.47 Å². The van der Waals surface area contributed by atoms with Crippen LogP contribution in [0.15, 0.2) is 12.1 Å². The fourth-order valence-corrected chi connectivity index (χ4v) is 1.58. The smallest absolute Gasteiger partial charge is 0.347 e. The van der Waals surface area contributed by atoms with Crippen LogP contribution in [0, 0.1) is 11.6 Å². The summed E-state index contributed by atoms with van der Waals surface area (Å²) in [6, 6.07) is 2.36. The van der Waals surface area contributed by atoms with Crippen molar-refractivity contribution >= 4 is 5.97 Å². The molecule has 0 amide bonds. The highest BCUT2D eigenvalue weighted by molar-refractivity contribution is 5.74. The summed E-state index contributed by atoms with van der Waals surface area (Å²) in [6.45, 7) is 6.15. The molecule has 1 aromatic rings. The maximum atomic E-state index is 13.8. The zero-order chi connectivity index (χ0) is 15.1. The van der Waals surface area contributed by atoms with E-state index in [0.29, 0.717) is 18.7 Å². The largest absolute Gasteiger partial charge is 0.473 e. The third-order valence-electron chi connectivity index (χ3n) is 2.55. The van der Waals surface area contributed by atoms with Gasteiger partial charge in [0.05, 0.1) is 6.61 Å². The van der Waals surface area contributed by atoms with Gasteiger partial charge in [-0.2, -0.15) is 0 Å². The standard InChI is InChI=1S/C14H19F2NO3/c1-4-17-8-10-6-11(15)13(12(16)7-10)20-9(3)14(18)19-5-2/h6-7,9,17H,4-5,8H2,1-3H3. The van der Waals surface area contributed by atoms with Gasteiger partial charge in [-0.25, -0.2) is 13.6 Å². The average molecular weight is 287 g/mol. The van der Waals surface area contributed by atoms with Crippen LogP contribution in [0.25, 0.3) is 0 Å². The molecule has 0 aliphatic heterocycles. The minimum atomic E-state index is -1.07. The number of halogens is 2. The second-order valence-electron chi connectivity index (χ2n) is 4.18. The Labute approximate surface area is 117 Å². The zero-order valence-corrected chi connectivity index (χ0v) is 11.8. The van der Waals surface area contributed by atoms with Crippen LogP contribution < -0.4 is 10.1 Å². The van der Waals surface area contributed by atoms with Crippen molar-refractivity contribution in [3.8, 4) is 5.75 Å². The number of ether oxygens (including phenoxy) is 2. The minimum absolute atomic E-state index is 0.180. The SMILES string of the molecule is CCNCc1cc(F)c(OC(C)C(=O)OCC)c(F)c1. The lowest BCUT2D eigenvalue weighted by atomic mass is 10.2. The lowest BCUT2D eigenvalue weighted by molar-refractivity contribution is -0.150. The molecule has 1 atom stereocenters. The van der Waals surface area contributed by atoms with Crippen LogP contribution in [0.2, 0.25) is 0 Å². The molecule has 20 heavy (non-hydrogen) atoms. The van der Waals surface area contributed by atoms with Crippen LogP contribution in [0.5, 0.6) is 5.75 Å². The number of rotatable bonds is 7. The van der Waals surface area contributed by atoms with Crippen molar-refractivity contribution in [2.24, 2.45) is 0 Å². The van der Waals surface area contributed by atoms with E-state index >= 15 is 0 Å². The first kappa shape index (κ1) is 16.4. The Morgan fingerprint density at radius 2 is 1.90 bits per heavy atom. The van der Waals surface area contributed by atoms with Crippen molar-refractivity contribution in [1.82, 2.24) is 5.32 Å². The maximum Gasteiger partial charge on any atom is 0.347 e. The fraction of sp³-hybridized carbons (Fsp3) is 0.500. The van der Waals surface area contributed by atoms with Gasteiger partial charge in [0, 0.05) is 6.54 Å². The third-order valence-corrected chi connectivity index (χ3v) is 2.55. The van der Waals surface area contributed by atoms with Crippen LogP contribution in [-0.4, -0.2) is 25.2 Å². The Hall–Kier alpha value is -1.69. The molecule has 0 saturated carbocycles. The van der Waals surface area contributed by atoms with Gasteiger partial charge in [0.2, 0.25) is 0 Å². The van der Waals surface area contributed by atoms with Crippen LogP contribution >= 0.6 is 0 Å². The van der Waals surface area contributed by atoms with Crippen molar-refractivity contribution in [3.05, 3.63) is 29.3 Å². The van der Waals surface area contributed by atoms with Gasteiger partial charge in [0.15, 0.2) is 23.5 Å². The maximum absolute atomic E-state index is 13.8. The molecule has 0 aliphatic carbocycles. The number of nitrogens with one attached hydrogen (secondary N) is 1. The molecule has 0 aliphatic rings. The quantitative estimate of drug-likeness (QED) is 0.782. The van der Waals surface area contributed by atoms with Gasteiger partial charge in [-0.3, -0.25) is 0 Å². The van der Waals surface area contributed by atoms with Gasteiger partial charge in [-0.1, -0.05) is 6.92 Å². The molecule has 6 heteroatoms. The number of benzene rings is 1. The molecule has 112 valence electrons. The molecule has 1 aromatic carbocycles. The second-order valence-corrected chi connectivity index (χ2v) is 4.18. The summed E-state index contributed by atoms with van der Waals surface area (Å²) in [5.41, 5.74) is 0.470. The summed E-state index contributed by atoms with van der Waals surface area (Å²) in [7, 11) is 0. The van der Waals surface area contributed by atoms with E-state index < -0.39 is 29.5 Å². The van der Waals surface area contributed by atoms with Crippen molar-refractivity contribution in [3.63, 3.8) is 0 Å². The van der Waals surface area contributed by atoms with Crippen molar-refractivity contribution in [2.45, 2.75) is 33.4 Å². The summed E-state index contributed by atoms with van der Waals surface area (Å²) in [5, 5.41) is 2.97. The number of hydrogen-bond acceptors (Lipinski definition) is 4. The summed E-state index contributed by atoms with van der Waals surface area (Å²) >= 11 is 0. The third kappa shape index (κ3) is 4.45.